The Hall–Kier alpha value is -2.05. The Kier molecular flexibility index (Phi) is 6.01. The van der Waals surface area contributed by atoms with Crippen LogP contribution in [-0.4, -0.2) is 18.0 Å². The van der Waals surface area contributed by atoms with Crippen LogP contribution in [0.2, 0.25) is 5.02 Å². The molecule has 0 saturated carbocycles. The van der Waals surface area contributed by atoms with Gasteiger partial charge in [0.1, 0.15) is 5.76 Å². The third kappa shape index (κ3) is 5.26. The highest BCUT2D eigenvalue weighted by Gasteiger charge is 2.17. The van der Waals surface area contributed by atoms with Gasteiger partial charge in [-0.1, -0.05) is 23.7 Å². The van der Waals surface area contributed by atoms with Crippen molar-refractivity contribution in [1.29, 1.82) is 0 Å². The number of halogens is 2. The molecule has 0 aliphatic rings. The molecule has 1 N–H and O–H groups in total. The Balaban J connectivity index is 1.89. The molecule has 1 unspecified atom stereocenters. The summed E-state index contributed by atoms with van der Waals surface area (Å²) < 4.78 is 10.8. The first-order chi connectivity index (χ1) is 11.0. The standard InChI is InChI=1S/C16H13BrClNO4/c1-10(16(21)19-13-5-3-2-4-12(13)18)22-15(20)9-7-11-6-8-14(17)23-11/h2-10H,1H3,(H,19,21)/b9-7+. The molecule has 1 heterocycles. The first-order valence-corrected chi connectivity index (χ1v) is 7.82. The largest absolute Gasteiger partial charge is 0.450 e. The van der Waals surface area contributed by atoms with E-state index in [1.54, 1.807) is 36.4 Å². The van der Waals surface area contributed by atoms with E-state index >= 15 is 0 Å². The predicted molar refractivity (Wildman–Crippen MR) is 91.1 cm³/mol. The van der Waals surface area contributed by atoms with Crippen LogP contribution >= 0.6 is 27.5 Å². The number of esters is 1. The van der Waals surface area contributed by atoms with Crippen LogP contribution in [0.4, 0.5) is 5.69 Å². The smallest absolute Gasteiger partial charge is 0.331 e. The maximum Gasteiger partial charge on any atom is 0.331 e. The Labute approximate surface area is 146 Å². The molecule has 120 valence electrons. The van der Waals surface area contributed by atoms with Gasteiger partial charge in [-0.2, -0.15) is 0 Å². The maximum atomic E-state index is 12.0. The minimum atomic E-state index is -0.966. The summed E-state index contributed by atoms with van der Waals surface area (Å²) in [5, 5.41) is 3.00. The van der Waals surface area contributed by atoms with Gasteiger partial charge in [-0.3, -0.25) is 4.79 Å². The van der Waals surface area contributed by atoms with Crippen LogP contribution in [0.25, 0.3) is 6.08 Å². The normalized spacial score (nSPS) is 12.1. The van der Waals surface area contributed by atoms with Crippen molar-refractivity contribution in [2.24, 2.45) is 0 Å². The van der Waals surface area contributed by atoms with Gasteiger partial charge in [0.2, 0.25) is 0 Å². The van der Waals surface area contributed by atoms with Crippen molar-refractivity contribution in [3.8, 4) is 0 Å². The number of carbonyl (C=O) groups is 2. The quantitative estimate of drug-likeness (QED) is 0.603. The fourth-order valence-corrected chi connectivity index (χ4v) is 2.13. The lowest BCUT2D eigenvalue weighted by Gasteiger charge is -2.13. The Bertz CT molecular complexity index is 741. The van der Waals surface area contributed by atoms with Crippen LogP contribution in [0.15, 0.2) is 51.6 Å². The lowest BCUT2D eigenvalue weighted by atomic mass is 10.3. The third-order valence-corrected chi connectivity index (χ3v) is 3.53. The van der Waals surface area contributed by atoms with Gasteiger partial charge in [0.05, 0.1) is 10.7 Å². The number of hydrogen-bond acceptors (Lipinski definition) is 4. The van der Waals surface area contributed by atoms with Crippen LogP contribution in [-0.2, 0) is 14.3 Å². The molecule has 1 aromatic heterocycles. The maximum absolute atomic E-state index is 12.0. The molecule has 1 atom stereocenters. The van der Waals surface area contributed by atoms with E-state index in [9.17, 15) is 9.59 Å². The highest BCUT2D eigenvalue weighted by atomic mass is 79.9. The lowest BCUT2D eigenvalue weighted by molar-refractivity contribution is -0.148. The van der Waals surface area contributed by atoms with E-state index < -0.39 is 18.0 Å². The van der Waals surface area contributed by atoms with Crippen molar-refractivity contribution >= 4 is 51.2 Å². The van der Waals surface area contributed by atoms with Gasteiger partial charge in [0.25, 0.3) is 5.91 Å². The molecule has 5 nitrogen and oxygen atoms in total. The molecular weight excluding hydrogens is 386 g/mol. The van der Waals surface area contributed by atoms with Gasteiger partial charge < -0.3 is 14.5 Å². The van der Waals surface area contributed by atoms with Crippen molar-refractivity contribution in [1.82, 2.24) is 0 Å². The second-order valence-corrected chi connectivity index (χ2v) is 5.71. The zero-order valence-corrected chi connectivity index (χ0v) is 14.4. The number of amides is 1. The second kappa shape index (κ2) is 7.99. The van der Waals surface area contributed by atoms with Crippen molar-refractivity contribution in [2.45, 2.75) is 13.0 Å². The molecule has 0 radical (unpaired) electrons. The first-order valence-electron chi connectivity index (χ1n) is 6.65. The number of nitrogens with one attached hydrogen (secondary N) is 1. The van der Waals surface area contributed by atoms with Crippen molar-refractivity contribution in [3.63, 3.8) is 0 Å². The molecule has 1 amide bonds. The molecule has 7 heteroatoms. The second-order valence-electron chi connectivity index (χ2n) is 4.52. The predicted octanol–water partition coefficient (Wildman–Crippen LogP) is 4.28. The van der Waals surface area contributed by atoms with E-state index in [1.807, 2.05) is 0 Å². The Morgan fingerprint density at radius 3 is 2.70 bits per heavy atom. The molecular formula is C16H13BrClNO4. The summed E-state index contributed by atoms with van der Waals surface area (Å²) in [6.45, 7) is 1.47. The minimum Gasteiger partial charge on any atom is -0.450 e. The lowest BCUT2D eigenvalue weighted by Crippen LogP contribution is -2.29. The number of ether oxygens (including phenoxy) is 1. The molecule has 0 bridgehead atoms. The van der Waals surface area contributed by atoms with Crippen LogP contribution in [0.3, 0.4) is 0 Å². The average molecular weight is 399 g/mol. The summed E-state index contributed by atoms with van der Waals surface area (Å²) >= 11 is 9.11. The summed E-state index contributed by atoms with van der Waals surface area (Å²) in [6.07, 6.45) is 1.67. The average Bonchev–Trinajstić information content (AvgIpc) is 2.93. The molecule has 1 aromatic carbocycles. The van der Waals surface area contributed by atoms with Crippen LogP contribution < -0.4 is 5.32 Å². The first kappa shape index (κ1) is 17.3. The van der Waals surface area contributed by atoms with Gasteiger partial charge in [-0.25, -0.2) is 4.79 Å². The summed E-state index contributed by atoms with van der Waals surface area (Å²) in [5.74, 6) is -0.637. The van der Waals surface area contributed by atoms with Gasteiger partial charge in [0, 0.05) is 6.08 Å². The summed E-state index contributed by atoms with van der Waals surface area (Å²) in [5.41, 5.74) is 0.457. The molecule has 0 aliphatic carbocycles. The van der Waals surface area contributed by atoms with Crippen molar-refractivity contribution in [3.05, 3.63) is 57.9 Å². The van der Waals surface area contributed by atoms with E-state index in [0.717, 1.165) is 0 Å². The van der Waals surface area contributed by atoms with Crippen molar-refractivity contribution < 1.29 is 18.7 Å². The van der Waals surface area contributed by atoms with Gasteiger partial charge >= 0.3 is 5.97 Å². The molecule has 0 fully saturated rings. The van der Waals surface area contributed by atoms with E-state index in [2.05, 4.69) is 21.2 Å². The number of para-hydroxylation sites is 1. The molecule has 2 aromatic rings. The molecule has 0 saturated heterocycles. The molecule has 0 spiro atoms. The number of anilines is 1. The highest BCUT2D eigenvalue weighted by molar-refractivity contribution is 9.10. The van der Waals surface area contributed by atoms with Crippen LogP contribution in [0.1, 0.15) is 12.7 Å². The third-order valence-electron chi connectivity index (χ3n) is 2.77. The summed E-state index contributed by atoms with van der Waals surface area (Å²) in [4.78, 5) is 23.7. The molecule has 0 aliphatic heterocycles. The highest BCUT2D eigenvalue weighted by Crippen LogP contribution is 2.20. The number of carbonyl (C=O) groups excluding carboxylic acids is 2. The Morgan fingerprint density at radius 1 is 1.30 bits per heavy atom. The number of furan rings is 1. The molecule has 23 heavy (non-hydrogen) atoms. The SMILES string of the molecule is CC(OC(=O)/C=C/c1ccc(Br)o1)C(=O)Nc1ccccc1Cl. The zero-order chi connectivity index (χ0) is 16.8. The van der Waals surface area contributed by atoms with Crippen LogP contribution in [0, 0.1) is 0 Å². The van der Waals surface area contributed by atoms with Crippen molar-refractivity contribution in [2.75, 3.05) is 5.32 Å². The zero-order valence-electron chi connectivity index (χ0n) is 12.1. The van der Waals surface area contributed by atoms with Gasteiger partial charge in [-0.05, 0) is 53.2 Å². The van der Waals surface area contributed by atoms with Gasteiger partial charge in [0.15, 0.2) is 10.8 Å². The summed E-state index contributed by atoms with van der Waals surface area (Å²) in [6, 6.07) is 10.2. The topological polar surface area (TPSA) is 68.5 Å². The van der Waals surface area contributed by atoms with E-state index in [4.69, 9.17) is 20.8 Å². The monoisotopic (exact) mass is 397 g/mol. The van der Waals surface area contributed by atoms with E-state index in [-0.39, 0.29) is 0 Å². The fraction of sp³-hybridized carbons (Fsp3) is 0.125. The number of benzene rings is 1. The Morgan fingerprint density at radius 2 is 2.04 bits per heavy atom. The van der Waals surface area contributed by atoms with Gasteiger partial charge in [-0.15, -0.1) is 0 Å². The minimum absolute atomic E-state index is 0.405. The number of rotatable bonds is 5. The number of hydrogen-bond donors (Lipinski definition) is 1. The molecule has 2 rings (SSSR count). The fourth-order valence-electron chi connectivity index (χ4n) is 1.63. The van der Waals surface area contributed by atoms with Crippen LogP contribution in [0.5, 0.6) is 0 Å². The van der Waals surface area contributed by atoms with E-state index in [1.165, 1.54) is 19.1 Å². The summed E-state index contributed by atoms with van der Waals surface area (Å²) in [7, 11) is 0. The van der Waals surface area contributed by atoms with E-state index in [0.29, 0.717) is 21.1 Å².